The van der Waals surface area contributed by atoms with Crippen molar-refractivity contribution < 1.29 is 24.6 Å². The molecule has 8 aromatic rings. The van der Waals surface area contributed by atoms with E-state index in [1.165, 1.54) is 0 Å². The maximum Gasteiger partial charge on any atom is 0.259 e. The molecule has 0 radical (unpaired) electrons. The van der Waals surface area contributed by atoms with Gasteiger partial charge in [-0.3, -0.25) is 19.9 Å². The summed E-state index contributed by atoms with van der Waals surface area (Å²) >= 11 is 6.00. The van der Waals surface area contributed by atoms with Gasteiger partial charge in [0.05, 0.1) is 22.6 Å². The van der Waals surface area contributed by atoms with Crippen LogP contribution >= 0.6 is 11.6 Å². The van der Waals surface area contributed by atoms with Crippen LogP contribution in [0.5, 0.6) is 11.5 Å². The summed E-state index contributed by atoms with van der Waals surface area (Å²) in [5.41, 5.74) is 8.19. The van der Waals surface area contributed by atoms with Crippen molar-refractivity contribution in [2.75, 3.05) is 10.8 Å². The summed E-state index contributed by atoms with van der Waals surface area (Å²) in [6.45, 7) is 0.0632. The van der Waals surface area contributed by atoms with E-state index < -0.39 is 5.91 Å². The fraction of sp³-hybridized carbons (Fsp3) is 0.0213. The molecule has 0 aliphatic heterocycles. The predicted molar refractivity (Wildman–Crippen MR) is 229 cm³/mol. The highest BCUT2D eigenvalue weighted by molar-refractivity contribution is 6.30. The number of rotatable bonds is 10. The van der Waals surface area contributed by atoms with Crippen LogP contribution in [0.3, 0.4) is 0 Å². The fourth-order valence-corrected chi connectivity index (χ4v) is 7.13. The first kappa shape index (κ1) is 36.9. The third kappa shape index (κ3) is 7.35. The van der Waals surface area contributed by atoms with Gasteiger partial charge in [-0.15, -0.1) is 10.2 Å². The lowest BCUT2D eigenvalue weighted by molar-refractivity contribution is 0.102. The number of amides is 1. The van der Waals surface area contributed by atoms with E-state index in [9.17, 15) is 19.8 Å². The van der Waals surface area contributed by atoms with Crippen LogP contribution in [-0.4, -0.2) is 21.9 Å². The molecule has 59 heavy (non-hydrogen) atoms. The van der Waals surface area contributed by atoms with Gasteiger partial charge in [-0.05, 0) is 94.7 Å². The Hall–Kier alpha value is -7.73. The molecule has 0 heterocycles. The average Bonchev–Trinajstić information content (AvgIpc) is 3.53. The lowest BCUT2D eigenvalue weighted by atomic mass is 10.0. The molecule has 9 rings (SSSR count). The SMILES string of the molecule is O=C1c2cc(N=Nc3c(O)c(CONc4ccccc4)cc4ccccc34)ccc2-c2ccc(N=Nc3c(O)c(C(=O)Nc4ccc(Cl)cc4)cc4ccccc34)cc21. The topological polar surface area (TPSA) is 157 Å². The van der Waals surface area contributed by atoms with E-state index in [-0.39, 0.29) is 40.8 Å². The van der Waals surface area contributed by atoms with Crippen LogP contribution in [0.15, 0.2) is 172 Å². The maximum absolute atomic E-state index is 13.8. The van der Waals surface area contributed by atoms with Crippen LogP contribution in [0.2, 0.25) is 5.02 Å². The Kier molecular flexibility index (Phi) is 9.79. The Labute approximate surface area is 341 Å². The first-order valence-corrected chi connectivity index (χ1v) is 18.8. The molecule has 1 amide bonds. The molecular weight excluding hydrogens is 764 g/mol. The van der Waals surface area contributed by atoms with Gasteiger partial charge < -0.3 is 15.5 Å². The largest absolute Gasteiger partial charge is 0.505 e. The normalized spacial score (nSPS) is 12.1. The molecule has 0 spiro atoms. The van der Waals surface area contributed by atoms with Gasteiger partial charge in [0, 0.05) is 38.2 Å². The molecule has 286 valence electrons. The minimum atomic E-state index is -0.535. The van der Waals surface area contributed by atoms with Gasteiger partial charge in [0.15, 0.2) is 11.5 Å². The molecule has 0 saturated heterocycles. The fourth-order valence-electron chi connectivity index (χ4n) is 7.01. The molecule has 0 atom stereocenters. The second kappa shape index (κ2) is 15.7. The Bertz CT molecular complexity index is 3030. The van der Waals surface area contributed by atoms with E-state index >= 15 is 0 Å². The number of ketones is 1. The van der Waals surface area contributed by atoms with Crippen LogP contribution < -0.4 is 10.8 Å². The third-order valence-electron chi connectivity index (χ3n) is 9.92. The Morgan fingerprint density at radius 2 is 1.14 bits per heavy atom. The van der Waals surface area contributed by atoms with Crippen molar-refractivity contribution >= 4 is 79.0 Å². The van der Waals surface area contributed by atoms with E-state index in [1.54, 1.807) is 72.8 Å². The zero-order valence-electron chi connectivity index (χ0n) is 30.9. The second-order valence-electron chi connectivity index (χ2n) is 13.7. The van der Waals surface area contributed by atoms with Gasteiger partial charge in [0.1, 0.15) is 23.7 Å². The van der Waals surface area contributed by atoms with Crippen molar-refractivity contribution in [3.8, 4) is 22.6 Å². The first-order valence-electron chi connectivity index (χ1n) is 18.5. The monoisotopic (exact) mass is 794 g/mol. The standard InChI is InChI=1S/C47H31ClN6O5/c48-30-14-16-31(17-15-30)49-47(58)41-23-28-9-5-7-13-36(28)43(46(41)57)53-51-34-19-21-38-37-20-18-33(24-39(37)45(56)40(38)25-34)50-52-42-35-12-6-4-8-27(35)22-29(44(42)55)26-59-54-32-10-2-1-3-11-32/h1-25,54-55,57H,26H2,(H,49,58). The highest BCUT2D eigenvalue weighted by Gasteiger charge is 2.27. The lowest BCUT2D eigenvalue weighted by Gasteiger charge is -2.12. The van der Waals surface area contributed by atoms with Crippen LogP contribution in [0.1, 0.15) is 31.8 Å². The smallest absolute Gasteiger partial charge is 0.259 e. The maximum atomic E-state index is 13.8. The summed E-state index contributed by atoms with van der Waals surface area (Å²) in [5.74, 6) is -1.17. The zero-order chi connectivity index (χ0) is 40.5. The van der Waals surface area contributed by atoms with Crippen molar-refractivity contribution in [2.24, 2.45) is 20.5 Å². The highest BCUT2D eigenvalue weighted by Crippen LogP contribution is 2.44. The number of aromatic hydroxyl groups is 2. The number of nitrogens with one attached hydrogen (secondary N) is 2. The summed E-state index contributed by atoms with van der Waals surface area (Å²) in [4.78, 5) is 32.8. The molecule has 1 aliphatic rings. The van der Waals surface area contributed by atoms with Gasteiger partial charge in [0.2, 0.25) is 0 Å². The summed E-state index contributed by atoms with van der Waals surface area (Å²) in [6, 6.07) is 44.7. The molecule has 12 heteroatoms. The molecule has 11 nitrogen and oxygen atoms in total. The van der Waals surface area contributed by atoms with Crippen molar-refractivity contribution in [3.63, 3.8) is 0 Å². The van der Waals surface area contributed by atoms with E-state index in [0.717, 1.165) is 22.2 Å². The minimum absolute atomic E-state index is 0.0152. The predicted octanol–water partition coefficient (Wildman–Crippen LogP) is 12.9. The van der Waals surface area contributed by atoms with Gasteiger partial charge >= 0.3 is 0 Å². The number of benzene rings is 8. The number of hydrogen-bond acceptors (Lipinski definition) is 10. The first-order chi connectivity index (χ1) is 28.8. The van der Waals surface area contributed by atoms with Crippen LogP contribution in [0, 0.1) is 0 Å². The van der Waals surface area contributed by atoms with E-state index in [1.807, 2.05) is 78.9 Å². The molecule has 8 aromatic carbocycles. The Morgan fingerprint density at radius 1 is 0.576 bits per heavy atom. The molecular formula is C47H31ClN6O5. The quantitative estimate of drug-likeness (QED) is 0.0797. The van der Waals surface area contributed by atoms with Gasteiger partial charge in [0.25, 0.3) is 5.91 Å². The van der Waals surface area contributed by atoms with Gasteiger partial charge in [-0.2, -0.15) is 10.2 Å². The van der Waals surface area contributed by atoms with Crippen LogP contribution in [0.4, 0.5) is 34.1 Å². The minimum Gasteiger partial charge on any atom is -0.505 e. The van der Waals surface area contributed by atoms with Crippen LogP contribution in [-0.2, 0) is 11.4 Å². The molecule has 4 N–H and O–H groups in total. The Balaban J connectivity index is 0.970. The number of nitrogens with zero attached hydrogens (tertiary/aromatic N) is 4. The summed E-state index contributed by atoms with van der Waals surface area (Å²) in [6.07, 6.45) is 0. The summed E-state index contributed by atoms with van der Waals surface area (Å²) < 4.78 is 0. The molecule has 1 aliphatic carbocycles. The highest BCUT2D eigenvalue weighted by atomic mass is 35.5. The number of azo groups is 2. The number of fused-ring (bicyclic) bond motifs is 5. The molecule has 0 saturated carbocycles. The lowest BCUT2D eigenvalue weighted by Crippen LogP contribution is -2.12. The number of carbonyl (C=O) groups excluding carboxylic acids is 2. The number of phenolic OH excluding ortho intramolecular Hbond substituents is 2. The number of hydrogen-bond donors (Lipinski definition) is 4. The second-order valence-corrected chi connectivity index (χ2v) is 14.1. The average molecular weight is 795 g/mol. The van der Waals surface area contributed by atoms with Crippen molar-refractivity contribution in [3.05, 3.63) is 179 Å². The summed E-state index contributed by atoms with van der Waals surface area (Å²) in [5, 5.41) is 46.5. The van der Waals surface area contributed by atoms with Crippen LogP contribution in [0.25, 0.3) is 32.7 Å². The molecule has 0 unspecified atom stereocenters. The molecule has 0 aromatic heterocycles. The van der Waals surface area contributed by atoms with Crippen molar-refractivity contribution in [2.45, 2.75) is 6.61 Å². The third-order valence-corrected chi connectivity index (χ3v) is 10.2. The molecule has 0 fully saturated rings. The number of carbonyl (C=O) groups is 2. The van der Waals surface area contributed by atoms with Crippen molar-refractivity contribution in [1.29, 1.82) is 0 Å². The number of para-hydroxylation sites is 1. The van der Waals surface area contributed by atoms with Gasteiger partial charge in [-0.25, -0.2) is 0 Å². The van der Waals surface area contributed by atoms with E-state index in [0.29, 0.717) is 54.9 Å². The zero-order valence-corrected chi connectivity index (χ0v) is 31.7. The molecule has 0 bridgehead atoms. The number of anilines is 2. The van der Waals surface area contributed by atoms with Gasteiger partial charge in [-0.1, -0.05) is 90.5 Å². The number of halogens is 1. The van der Waals surface area contributed by atoms with E-state index in [4.69, 9.17) is 16.4 Å². The Morgan fingerprint density at radius 3 is 1.76 bits per heavy atom. The summed E-state index contributed by atoms with van der Waals surface area (Å²) in [7, 11) is 0. The number of phenols is 2. The van der Waals surface area contributed by atoms with E-state index in [2.05, 4.69) is 31.3 Å². The van der Waals surface area contributed by atoms with Crippen molar-refractivity contribution in [1.82, 2.24) is 0 Å².